The Bertz CT molecular complexity index is 408. The van der Waals surface area contributed by atoms with E-state index in [0.29, 0.717) is 6.54 Å². The molecule has 22 heavy (non-hydrogen) atoms. The smallest absolute Gasteiger partial charge is 0.245 e. The van der Waals surface area contributed by atoms with Crippen molar-refractivity contribution in [2.24, 2.45) is 11.7 Å². The summed E-state index contributed by atoms with van der Waals surface area (Å²) >= 11 is 0. The molecule has 2 amide bonds. The molecule has 0 aromatic heterocycles. The Morgan fingerprint density at radius 3 is 2.50 bits per heavy atom. The van der Waals surface area contributed by atoms with Gasteiger partial charge in [0.2, 0.25) is 11.8 Å². The molecule has 0 unspecified atom stereocenters. The van der Waals surface area contributed by atoms with Crippen molar-refractivity contribution < 1.29 is 19.5 Å². The summed E-state index contributed by atoms with van der Waals surface area (Å²) in [5.41, 5.74) is 5.42. The van der Waals surface area contributed by atoms with Crippen molar-refractivity contribution in [2.45, 2.75) is 44.9 Å². The van der Waals surface area contributed by atoms with Gasteiger partial charge in [-0.15, -0.1) is 0 Å². The van der Waals surface area contributed by atoms with Gasteiger partial charge in [0, 0.05) is 13.1 Å². The van der Waals surface area contributed by atoms with E-state index in [9.17, 15) is 19.5 Å². The zero-order valence-corrected chi connectivity index (χ0v) is 13.1. The van der Waals surface area contributed by atoms with E-state index < -0.39 is 24.1 Å². The standard InChI is InChI=1S/C14H26N4O4/c1-8(19)11(6-15)17-14(22)12(9(2)20)18-13(21)10-4-3-5-16-7-10/h9-12,16,20H,3-7,15H2,1-2H3,(H,17,22)(H,18,21)/t9-,10-,11+,12-/m0/s1. The second-order valence-electron chi connectivity index (χ2n) is 5.68. The van der Waals surface area contributed by atoms with Crippen LogP contribution in [-0.4, -0.2) is 60.5 Å². The number of nitrogens with two attached hydrogens (primary N) is 1. The van der Waals surface area contributed by atoms with Crippen molar-refractivity contribution in [1.82, 2.24) is 16.0 Å². The molecule has 6 N–H and O–H groups in total. The average Bonchev–Trinajstić information content (AvgIpc) is 2.49. The van der Waals surface area contributed by atoms with Gasteiger partial charge in [-0.05, 0) is 33.2 Å². The van der Waals surface area contributed by atoms with Gasteiger partial charge in [-0.1, -0.05) is 0 Å². The Morgan fingerprint density at radius 2 is 2.05 bits per heavy atom. The molecule has 0 aromatic carbocycles. The normalized spacial score (nSPS) is 22.3. The van der Waals surface area contributed by atoms with Gasteiger partial charge in [-0.25, -0.2) is 0 Å². The maximum absolute atomic E-state index is 12.2. The van der Waals surface area contributed by atoms with E-state index in [1.54, 1.807) is 0 Å². The summed E-state index contributed by atoms with van der Waals surface area (Å²) in [4.78, 5) is 35.7. The highest BCUT2D eigenvalue weighted by Gasteiger charge is 2.31. The SMILES string of the molecule is CC(=O)[C@@H](CN)NC(=O)[C@@H](NC(=O)[C@H]1CCCNC1)[C@H](C)O. The topological polar surface area (TPSA) is 134 Å². The second-order valence-corrected chi connectivity index (χ2v) is 5.68. The minimum Gasteiger partial charge on any atom is -0.391 e. The third-order valence-corrected chi connectivity index (χ3v) is 3.77. The van der Waals surface area contributed by atoms with Gasteiger partial charge in [-0.2, -0.15) is 0 Å². The zero-order chi connectivity index (χ0) is 16.7. The zero-order valence-electron chi connectivity index (χ0n) is 13.1. The van der Waals surface area contributed by atoms with E-state index in [1.165, 1.54) is 13.8 Å². The van der Waals surface area contributed by atoms with Gasteiger partial charge in [0.1, 0.15) is 6.04 Å². The first-order valence-electron chi connectivity index (χ1n) is 7.56. The Balaban J connectivity index is 2.65. The van der Waals surface area contributed by atoms with Gasteiger partial charge in [0.15, 0.2) is 5.78 Å². The van der Waals surface area contributed by atoms with Crippen LogP contribution in [0.5, 0.6) is 0 Å². The molecule has 0 bridgehead atoms. The van der Waals surface area contributed by atoms with Crippen LogP contribution in [0.3, 0.4) is 0 Å². The van der Waals surface area contributed by atoms with E-state index in [2.05, 4.69) is 16.0 Å². The molecule has 0 aromatic rings. The number of Topliss-reactive ketones (excluding diaryl/α,β-unsaturated/α-hetero) is 1. The lowest BCUT2D eigenvalue weighted by Gasteiger charge is -2.27. The summed E-state index contributed by atoms with van der Waals surface area (Å²) in [5.74, 6) is -1.39. The highest BCUT2D eigenvalue weighted by Crippen LogP contribution is 2.10. The third kappa shape index (κ3) is 5.36. The van der Waals surface area contributed by atoms with Crippen molar-refractivity contribution in [3.63, 3.8) is 0 Å². The first-order valence-corrected chi connectivity index (χ1v) is 7.56. The second kappa shape index (κ2) is 8.82. The molecular weight excluding hydrogens is 288 g/mol. The fourth-order valence-electron chi connectivity index (χ4n) is 2.34. The molecule has 1 aliphatic rings. The van der Waals surface area contributed by atoms with Crippen LogP contribution >= 0.6 is 0 Å². The van der Waals surface area contributed by atoms with Gasteiger partial charge < -0.3 is 26.8 Å². The molecule has 0 radical (unpaired) electrons. The molecular formula is C14H26N4O4. The molecule has 1 rings (SSSR count). The van der Waals surface area contributed by atoms with Crippen LogP contribution in [0.25, 0.3) is 0 Å². The molecule has 1 saturated heterocycles. The van der Waals surface area contributed by atoms with Gasteiger partial charge in [0.05, 0.1) is 18.1 Å². The van der Waals surface area contributed by atoms with E-state index in [4.69, 9.17) is 5.73 Å². The predicted molar refractivity (Wildman–Crippen MR) is 80.9 cm³/mol. The molecule has 4 atom stereocenters. The number of hydrogen-bond acceptors (Lipinski definition) is 6. The summed E-state index contributed by atoms with van der Waals surface area (Å²) < 4.78 is 0. The highest BCUT2D eigenvalue weighted by molar-refractivity contribution is 5.92. The van der Waals surface area contributed by atoms with Crippen LogP contribution in [0.1, 0.15) is 26.7 Å². The maximum Gasteiger partial charge on any atom is 0.245 e. The molecule has 8 heteroatoms. The average molecular weight is 314 g/mol. The Hall–Kier alpha value is -1.51. The quantitative estimate of drug-likeness (QED) is 0.365. The number of piperidine rings is 1. The van der Waals surface area contributed by atoms with E-state index in [-0.39, 0.29) is 24.2 Å². The number of ketones is 1. The van der Waals surface area contributed by atoms with Gasteiger partial charge in [0.25, 0.3) is 0 Å². The Labute approximate surface area is 130 Å². The van der Waals surface area contributed by atoms with Crippen LogP contribution in [0.15, 0.2) is 0 Å². The number of carbonyl (C=O) groups is 3. The van der Waals surface area contributed by atoms with E-state index in [1.807, 2.05) is 0 Å². The lowest BCUT2D eigenvalue weighted by Crippen LogP contribution is -2.58. The van der Waals surface area contributed by atoms with Crippen molar-refractivity contribution in [1.29, 1.82) is 0 Å². The lowest BCUT2D eigenvalue weighted by atomic mass is 9.98. The van der Waals surface area contributed by atoms with Crippen LogP contribution in [0.2, 0.25) is 0 Å². The maximum atomic E-state index is 12.2. The largest absolute Gasteiger partial charge is 0.391 e. The molecule has 1 aliphatic heterocycles. The van der Waals surface area contributed by atoms with Gasteiger partial charge in [-0.3, -0.25) is 14.4 Å². The molecule has 1 fully saturated rings. The summed E-state index contributed by atoms with van der Waals surface area (Å²) in [6.45, 7) is 4.13. The van der Waals surface area contributed by atoms with Crippen LogP contribution in [0.4, 0.5) is 0 Å². The molecule has 126 valence electrons. The van der Waals surface area contributed by atoms with E-state index >= 15 is 0 Å². The van der Waals surface area contributed by atoms with Crippen molar-refractivity contribution in [3.8, 4) is 0 Å². The Morgan fingerprint density at radius 1 is 1.36 bits per heavy atom. The van der Waals surface area contributed by atoms with Crippen molar-refractivity contribution >= 4 is 17.6 Å². The third-order valence-electron chi connectivity index (χ3n) is 3.77. The number of carbonyl (C=O) groups excluding carboxylic acids is 3. The van der Waals surface area contributed by atoms with Crippen molar-refractivity contribution in [2.75, 3.05) is 19.6 Å². The summed E-state index contributed by atoms with van der Waals surface area (Å²) in [7, 11) is 0. The lowest BCUT2D eigenvalue weighted by molar-refractivity contribution is -0.135. The summed E-state index contributed by atoms with van der Waals surface area (Å²) in [6.07, 6.45) is 0.556. The molecule has 0 spiro atoms. The van der Waals surface area contributed by atoms with E-state index in [0.717, 1.165) is 19.4 Å². The summed E-state index contributed by atoms with van der Waals surface area (Å²) in [5, 5.41) is 17.9. The fraction of sp³-hybridized carbons (Fsp3) is 0.786. The molecule has 8 nitrogen and oxygen atoms in total. The minimum absolute atomic E-state index is 0.0336. The number of hydrogen-bond donors (Lipinski definition) is 5. The monoisotopic (exact) mass is 314 g/mol. The van der Waals surface area contributed by atoms with Crippen LogP contribution < -0.4 is 21.7 Å². The Kier molecular flexibility index (Phi) is 7.43. The molecule has 0 aliphatic carbocycles. The number of rotatable bonds is 7. The van der Waals surface area contributed by atoms with Gasteiger partial charge >= 0.3 is 0 Å². The number of aliphatic hydroxyl groups is 1. The number of aliphatic hydroxyl groups excluding tert-OH is 1. The number of nitrogens with one attached hydrogen (secondary N) is 3. The number of amides is 2. The predicted octanol–water partition coefficient (Wildman–Crippen LogP) is -2.12. The van der Waals surface area contributed by atoms with Crippen molar-refractivity contribution in [3.05, 3.63) is 0 Å². The first-order chi connectivity index (χ1) is 10.4. The van der Waals surface area contributed by atoms with Crippen LogP contribution in [0, 0.1) is 5.92 Å². The minimum atomic E-state index is -1.11. The molecule has 0 saturated carbocycles. The highest BCUT2D eigenvalue weighted by atomic mass is 16.3. The fourth-order valence-corrected chi connectivity index (χ4v) is 2.34. The first kappa shape index (κ1) is 18.5. The summed E-state index contributed by atoms with van der Waals surface area (Å²) in [6, 6.07) is -1.93. The van der Waals surface area contributed by atoms with Crippen LogP contribution in [-0.2, 0) is 14.4 Å². The molecule has 1 heterocycles.